The Balaban J connectivity index is 0.00000128. The highest BCUT2D eigenvalue weighted by atomic mass is 35.5. The molecule has 1 fully saturated rings. The normalized spacial score (nSPS) is 18.6. The number of nitrogens with one attached hydrogen (secondary N) is 2. The van der Waals surface area contributed by atoms with Crippen LogP contribution in [0.4, 0.5) is 5.82 Å². The summed E-state index contributed by atoms with van der Waals surface area (Å²) in [5.41, 5.74) is 0.607. The monoisotopic (exact) mass is 238 g/mol. The average molecular weight is 239 g/mol. The van der Waals surface area contributed by atoms with Crippen molar-refractivity contribution in [1.82, 2.24) is 10.3 Å². The maximum Gasteiger partial charge on any atom is 0.143 e. The fraction of sp³-hybridized carbons (Fsp3) is 0.455. The molecule has 0 saturated carbocycles. The summed E-state index contributed by atoms with van der Waals surface area (Å²) in [5.74, 6) is 0.689. The van der Waals surface area contributed by atoms with Crippen molar-refractivity contribution < 1.29 is 0 Å². The second-order valence-corrected chi connectivity index (χ2v) is 3.69. The summed E-state index contributed by atoms with van der Waals surface area (Å²) in [7, 11) is 0. The van der Waals surface area contributed by atoms with E-state index in [1.807, 2.05) is 0 Å². The zero-order chi connectivity index (χ0) is 10.5. The van der Waals surface area contributed by atoms with Crippen LogP contribution in [-0.4, -0.2) is 24.1 Å². The minimum Gasteiger partial charge on any atom is -0.367 e. The Bertz CT molecular complexity index is 368. The number of hydrogen-bond acceptors (Lipinski definition) is 4. The van der Waals surface area contributed by atoms with Gasteiger partial charge in [0, 0.05) is 18.8 Å². The first kappa shape index (κ1) is 12.8. The van der Waals surface area contributed by atoms with Gasteiger partial charge >= 0.3 is 0 Å². The molecule has 16 heavy (non-hydrogen) atoms. The molecule has 5 heteroatoms. The van der Waals surface area contributed by atoms with Crippen LogP contribution < -0.4 is 10.6 Å². The Morgan fingerprint density at radius 1 is 1.62 bits per heavy atom. The third-order valence-electron chi connectivity index (χ3n) is 2.61. The molecule has 1 atom stereocenters. The molecule has 4 nitrogen and oxygen atoms in total. The molecule has 86 valence electrons. The van der Waals surface area contributed by atoms with Gasteiger partial charge in [-0.05, 0) is 31.5 Å². The number of nitriles is 1. The SMILES string of the molecule is Cl.N#Cc1cccnc1NCC1CCCN1. The summed E-state index contributed by atoms with van der Waals surface area (Å²) < 4.78 is 0. The Hall–Kier alpha value is -1.31. The van der Waals surface area contributed by atoms with Crippen molar-refractivity contribution in [3.8, 4) is 6.07 Å². The first-order chi connectivity index (χ1) is 7.40. The predicted octanol–water partition coefficient (Wildman–Crippen LogP) is 1.54. The number of aromatic nitrogens is 1. The zero-order valence-corrected chi connectivity index (χ0v) is 9.76. The van der Waals surface area contributed by atoms with E-state index in [-0.39, 0.29) is 12.4 Å². The molecule has 1 aromatic heterocycles. The standard InChI is InChI=1S/C11H14N4.ClH/c12-7-9-3-1-6-14-11(9)15-8-10-4-2-5-13-10;/h1,3,6,10,13H,2,4-5,8H2,(H,14,15);1H. The first-order valence-electron chi connectivity index (χ1n) is 5.22. The lowest BCUT2D eigenvalue weighted by Crippen LogP contribution is -2.29. The summed E-state index contributed by atoms with van der Waals surface area (Å²) >= 11 is 0. The van der Waals surface area contributed by atoms with E-state index in [4.69, 9.17) is 5.26 Å². The lowest BCUT2D eigenvalue weighted by atomic mass is 10.2. The van der Waals surface area contributed by atoms with E-state index < -0.39 is 0 Å². The minimum atomic E-state index is 0. The van der Waals surface area contributed by atoms with Crippen molar-refractivity contribution >= 4 is 18.2 Å². The third kappa shape index (κ3) is 3.09. The molecule has 2 N–H and O–H groups in total. The van der Waals surface area contributed by atoms with Crippen molar-refractivity contribution in [3.63, 3.8) is 0 Å². The van der Waals surface area contributed by atoms with E-state index >= 15 is 0 Å². The average Bonchev–Trinajstić information content (AvgIpc) is 2.79. The van der Waals surface area contributed by atoms with Crippen molar-refractivity contribution in [1.29, 1.82) is 5.26 Å². The quantitative estimate of drug-likeness (QED) is 0.839. The van der Waals surface area contributed by atoms with Gasteiger partial charge in [-0.1, -0.05) is 0 Å². The van der Waals surface area contributed by atoms with Crippen LogP contribution in [0.25, 0.3) is 0 Å². The van der Waals surface area contributed by atoms with Crippen molar-refractivity contribution in [2.45, 2.75) is 18.9 Å². The summed E-state index contributed by atoms with van der Waals surface area (Å²) in [6.45, 7) is 1.94. The molecule has 1 aliphatic heterocycles. The van der Waals surface area contributed by atoms with Gasteiger partial charge in [-0.15, -0.1) is 12.4 Å². The Morgan fingerprint density at radius 2 is 2.50 bits per heavy atom. The summed E-state index contributed by atoms with van der Waals surface area (Å²) in [6, 6.07) is 6.19. The van der Waals surface area contributed by atoms with Gasteiger partial charge in [-0.2, -0.15) is 5.26 Å². The summed E-state index contributed by atoms with van der Waals surface area (Å²) in [4.78, 5) is 4.15. The van der Waals surface area contributed by atoms with E-state index in [0.717, 1.165) is 13.1 Å². The second kappa shape index (κ2) is 6.31. The van der Waals surface area contributed by atoms with Crippen molar-refractivity contribution in [2.24, 2.45) is 0 Å². The largest absolute Gasteiger partial charge is 0.367 e. The second-order valence-electron chi connectivity index (χ2n) is 3.69. The molecular weight excluding hydrogens is 224 g/mol. The van der Waals surface area contributed by atoms with Gasteiger partial charge in [-0.25, -0.2) is 4.98 Å². The van der Waals surface area contributed by atoms with Crippen molar-refractivity contribution in [2.75, 3.05) is 18.4 Å². The van der Waals surface area contributed by atoms with Crippen LogP contribution in [0.1, 0.15) is 18.4 Å². The molecule has 1 unspecified atom stereocenters. The van der Waals surface area contributed by atoms with Gasteiger partial charge in [0.2, 0.25) is 0 Å². The van der Waals surface area contributed by atoms with Crippen LogP contribution in [0.3, 0.4) is 0 Å². The van der Waals surface area contributed by atoms with Crippen LogP contribution in [0.5, 0.6) is 0 Å². The number of anilines is 1. The third-order valence-corrected chi connectivity index (χ3v) is 2.61. The maximum absolute atomic E-state index is 8.86. The molecular formula is C11H15ClN4. The van der Waals surface area contributed by atoms with E-state index in [9.17, 15) is 0 Å². The van der Waals surface area contributed by atoms with Crippen LogP contribution in [0, 0.1) is 11.3 Å². The molecule has 1 saturated heterocycles. The van der Waals surface area contributed by atoms with Gasteiger partial charge in [0.05, 0.1) is 5.56 Å². The van der Waals surface area contributed by atoms with Gasteiger partial charge in [0.1, 0.15) is 11.9 Å². The molecule has 0 aliphatic carbocycles. The van der Waals surface area contributed by atoms with E-state index in [0.29, 0.717) is 17.4 Å². The molecule has 0 aromatic carbocycles. The Labute approximate surface area is 101 Å². The number of halogens is 1. The number of hydrogen-bond donors (Lipinski definition) is 2. The first-order valence-corrected chi connectivity index (χ1v) is 5.22. The van der Waals surface area contributed by atoms with E-state index in [2.05, 4.69) is 21.7 Å². The Morgan fingerprint density at radius 3 is 3.19 bits per heavy atom. The predicted molar refractivity (Wildman–Crippen MR) is 65.7 cm³/mol. The van der Waals surface area contributed by atoms with Gasteiger partial charge in [0.25, 0.3) is 0 Å². The van der Waals surface area contributed by atoms with E-state index in [1.54, 1.807) is 18.3 Å². The van der Waals surface area contributed by atoms with Gasteiger partial charge < -0.3 is 10.6 Å². The van der Waals surface area contributed by atoms with Crippen molar-refractivity contribution in [3.05, 3.63) is 23.9 Å². The Kier molecular flexibility index (Phi) is 5.03. The lowest BCUT2D eigenvalue weighted by Gasteiger charge is -2.12. The van der Waals surface area contributed by atoms with E-state index in [1.165, 1.54) is 12.8 Å². The molecule has 0 spiro atoms. The topological polar surface area (TPSA) is 60.7 Å². The molecule has 1 aliphatic rings. The lowest BCUT2D eigenvalue weighted by molar-refractivity contribution is 0.632. The molecule has 2 heterocycles. The number of nitrogens with zero attached hydrogens (tertiary/aromatic N) is 2. The fourth-order valence-electron chi connectivity index (χ4n) is 1.79. The fourth-order valence-corrected chi connectivity index (χ4v) is 1.79. The highest BCUT2D eigenvalue weighted by Crippen LogP contribution is 2.11. The van der Waals surface area contributed by atoms with Gasteiger partial charge in [0.15, 0.2) is 0 Å². The molecule has 0 bridgehead atoms. The van der Waals surface area contributed by atoms with Crippen LogP contribution in [0.15, 0.2) is 18.3 Å². The minimum absolute atomic E-state index is 0. The van der Waals surface area contributed by atoms with Crippen LogP contribution in [-0.2, 0) is 0 Å². The smallest absolute Gasteiger partial charge is 0.143 e. The highest BCUT2D eigenvalue weighted by molar-refractivity contribution is 5.85. The van der Waals surface area contributed by atoms with Crippen LogP contribution >= 0.6 is 12.4 Å². The van der Waals surface area contributed by atoms with Crippen LogP contribution in [0.2, 0.25) is 0 Å². The molecule has 0 radical (unpaired) electrons. The summed E-state index contributed by atoms with van der Waals surface area (Å²) in [5, 5.41) is 15.5. The highest BCUT2D eigenvalue weighted by Gasteiger charge is 2.13. The summed E-state index contributed by atoms with van der Waals surface area (Å²) in [6.07, 6.45) is 4.13. The molecule has 2 rings (SSSR count). The molecule has 0 amide bonds. The molecule has 1 aromatic rings. The van der Waals surface area contributed by atoms with Gasteiger partial charge in [-0.3, -0.25) is 0 Å². The number of pyridine rings is 1. The zero-order valence-electron chi connectivity index (χ0n) is 8.94. The number of rotatable bonds is 3. The maximum atomic E-state index is 8.86.